The maximum Gasteiger partial charge on any atom is 0.229 e. The van der Waals surface area contributed by atoms with E-state index in [4.69, 9.17) is 21.1 Å². The first kappa shape index (κ1) is 24.5. The Kier molecular flexibility index (Phi) is 6.26. The third kappa shape index (κ3) is 4.22. The van der Waals surface area contributed by atoms with Gasteiger partial charge in [0.15, 0.2) is 0 Å². The Balaban J connectivity index is 1.12. The molecule has 6 rings (SSSR count). The molecule has 3 atom stereocenters. The van der Waals surface area contributed by atoms with Gasteiger partial charge in [-0.25, -0.2) is 9.37 Å². The van der Waals surface area contributed by atoms with Crippen LogP contribution in [0.1, 0.15) is 57.4 Å². The van der Waals surface area contributed by atoms with E-state index in [2.05, 4.69) is 21.3 Å². The number of pyridine rings is 1. The Hall–Kier alpha value is -1.80. The van der Waals surface area contributed by atoms with Gasteiger partial charge in [-0.1, -0.05) is 11.6 Å². The second-order valence-corrected chi connectivity index (χ2v) is 11.9. The summed E-state index contributed by atoms with van der Waals surface area (Å²) in [6.45, 7) is 7.01. The highest BCUT2D eigenvalue weighted by molar-refractivity contribution is 6.32. The molecule has 0 bridgehead atoms. The number of nitrogens with zero attached hydrogens (tertiary/aromatic N) is 2. The molecule has 2 saturated heterocycles. The van der Waals surface area contributed by atoms with Crippen LogP contribution >= 0.6 is 11.6 Å². The molecule has 4 aliphatic rings. The molecule has 1 aromatic heterocycles. The van der Waals surface area contributed by atoms with Crippen LogP contribution in [0.4, 0.5) is 10.2 Å². The summed E-state index contributed by atoms with van der Waals surface area (Å²) in [5.41, 5.74) is 0.746. The molecule has 6 nitrogen and oxygen atoms in total. The molecule has 8 heteroatoms. The minimum Gasteiger partial charge on any atom is -0.378 e. The van der Waals surface area contributed by atoms with E-state index in [0.29, 0.717) is 24.4 Å². The van der Waals surface area contributed by atoms with Crippen molar-refractivity contribution in [2.75, 3.05) is 38.2 Å². The first-order valence-corrected chi connectivity index (χ1v) is 13.7. The molecule has 2 saturated carbocycles. The number of nitrogens with one attached hydrogen (secondary N) is 1. The zero-order valence-corrected chi connectivity index (χ0v) is 21.8. The van der Waals surface area contributed by atoms with Crippen molar-refractivity contribution in [3.8, 4) is 0 Å². The number of fused-ring (bicyclic) bond motifs is 1. The average molecular weight is 516 g/mol. The van der Waals surface area contributed by atoms with Gasteiger partial charge >= 0.3 is 0 Å². The minimum absolute atomic E-state index is 0.0636. The van der Waals surface area contributed by atoms with Crippen molar-refractivity contribution < 1.29 is 18.7 Å². The van der Waals surface area contributed by atoms with Gasteiger partial charge in [-0.05, 0) is 99.5 Å². The predicted molar refractivity (Wildman–Crippen MR) is 138 cm³/mol. The molecule has 0 unspecified atom stereocenters. The zero-order chi connectivity index (χ0) is 25.1. The molecule has 1 spiro atoms. The van der Waals surface area contributed by atoms with Crippen LogP contribution in [0.3, 0.4) is 0 Å². The van der Waals surface area contributed by atoms with Crippen molar-refractivity contribution >= 4 is 34.1 Å². The number of alkyl halides is 1. The van der Waals surface area contributed by atoms with Gasteiger partial charge in [-0.15, -0.1) is 0 Å². The van der Waals surface area contributed by atoms with E-state index in [-0.39, 0.29) is 23.8 Å². The summed E-state index contributed by atoms with van der Waals surface area (Å²) in [6, 6.07) is 6.07. The molecule has 1 N–H and O–H groups in total. The number of carbonyl (C=O) groups is 1. The van der Waals surface area contributed by atoms with Gasteiger partial charge in [0.2, 0.25) is 5.91 Å². The number of benzene rings is 1. The van der Waals surface area contributed by atoms with Crippen molar-refractivity contribution in [3.63, 3.8) is 0 Å². The normalized spacial score (nSPS) is 34.7. The van der Waals surface area contributed by atoms with E-state index >= 15 is 0 Å². The van der Waals surface area contributed by atoms with Gasteiger partial charge in [-0.3, -0.25) is 9.69 Å². The summed E-state index contributed by atoms with van der Waals surface area (Å²) in [6.07, 6.45) is 5.93. The van der Waals surface area contributed by atoms with E-state index in [9.17, 15) is 9.18 Å². The number of amides is 1. The number of halogens is 2. The van der Waals surface area contributed by atoms with E-state index in [1.807, 2.05) is 26.0 Å². The van der Waals surface area contributed by atoms with Gasteiger partial charge in [-0.2, -0.15) is 0 Å². The first-order valence-electron chi connectivity index (χ1n) is 13.3. The topological polar surface area (TPSA) is 63.7 Å². The van der Waals surface area contributed by atoms with Crippen LogP contribution in [0, 0.1) is 11.3 Å². The maximum absolute atomic E-state index is 14.5. The molecule has 194 valence electrons. The monoisotopic (exact) mass is 515 g/mol. The SMILES string of the molecule is CCOC1CC2(C1)C[C@@H]2C(=O)Nc1cc2cc(C3CCN([C@@]4(C)COC[C@H]4F)CC3)c(Cl)cc2cn1. The third-order valence-electron chi connectivity index (χ3n) is 9.26. The van der Waals surface area contributed by atoms with Crippen LogP contribution < -0.4 is 5.32 Å². The number of likely N-dealkylation sites (tertiary alicyclic amines) is 1. The Labute approximate surface area is 216 Å². The lowest BCUT2D eigenvalue weighted by Crippen LogP contribution is -2.55. The number of aromatic nitrogens is 1. The summed E-state index contributed by atoms with van der Waals surface area (Å²) in [7, 11) is 0. The quantitative estimate of drug-likeness (QED) is 0.562. The molecule has 2 aliphatic heterocycles. The van der Waals surface area contributed by atoms with Crippen LogP contribution in [0.5, 0.6) is 0 Å². The maximum atomic E-state index is 14.5. The van der Waals surface area contributed by atoms with Gasteiger partial charge in [0.1, 0.15) is 12.0 Å². The van der Waals surface area contributed by atoms with Crippen molar-refractivity contribution in [2.24, 2.45) is 11.3 Å². The molecule has 1 amide bonds. The summed E-state index contributed by atoms with van der Waals surface area (Å²) < 4.78 is 25.6. The summed E-state index contributed by atoms with van der Waals surface area (Å²) >= 11 is 6.71. The Bertz CT molecular complexity index is 1160. The predicted octanol–water partition coefficient (Wildman–Crippen LogP) is 5.34. The molecule has 4 fully saturated rings. The largest absolute Gasteiger partial charge is 0.378 e. The van der Waals surface area contributed by atoms with Gasteiger partial charge in [0.25, 0.3) is 0 Å². The number of piperidine rings is 1. The summed E-state index contributed by atoms with van der Waals surface area (Å²) in [5, 5.41) is 5.77. The fourth-order valence-electron chi connectivity index (χ4n) is 6.78. The summed E-state index contributed by atoms with van der Waals surface area (Å²) in [5.74, 6) is 1.03. The molecular weight excluding hydrogens is 481 g/mol. The number of anilines is 1. The lowest BCUT2D eigenvalue weighted by molar-refractivity contribution is -0.120. The van der Waals surface area contributed by atoms with E-state index in [1.165, 1.54) is 0 Å². The highest BCUT2D eigenvalue weighted by Gasteiger charge is 2.64. The van der Waals surface area contributed by atoms with Crippen molar-refractivity contribution in [1.29, 1.82) is 0 Å². The smallest absolute Gasteiger partial charge is 0.229 e. The van der Waals surface area contributed by atoms with Crippen LogP contribution in [0.25, 0.3) is 10.8 Å². The van der Waals surface area contributed by atoms with Crippen LogP contribution in [-0.4, -0.2) is 66.5 Å². The first-order chi connectivity index (χ1) is 17.3. The summed E-state index contributed by atoms with van der Waals surface area (Å²) in [4.78, 5) is 19.6. The highest BCUT2D eigenvalue weighted by Crippen LogP contribution is 2.66. The minimum atomic E-state index is -0.944. The van der Waals surface area contributed by atoms with E-state index < -0.39 is 11.7 Å². The number of rotatable bonds is 6. The zero-order valence-electron chi connectivity index (χ0n) is 21.1. The van der Waals surface area contributed by atoms with Crippen molar-refractivity contribution in [3.05, 3.63) is 35.0 Å². The molecule has 0 radical (unpaired) electrons. The van der Waals surface area contributed by atoms with Gasteiger partial charge < -0.3 is 14.8 Å². The molecular formula is C28H35ClFN3O3. The standard InChI is InChI=1S/C28H35ClFN3O3/c1-3-36-20-11-28(12-20)13-22(28)26(34)32-25-10-18-8-21(23(29)9-19(18)14-31-25)17-4-6-33(7-5-17)27(2)16-35-15-24(27)30/h8-10,14,17,20,22,24H,3-7,11-13,15-16H2,1-2H3,(H,31,32,34)/t20?,22-,24-,27+,28?/m1/s1. The number of hydrogen-bond donors (Lipinski definition) is 1. The lowest BCUT2D eigenvalue weighted by atomic mass is 9.77. The van der Waals surface area contributed by atoms with E-state index in [1.54, 1.807) is 6.20 Å². The molecule has 1 aromatic carbocycles. The van der Waals surface area contributed by atoms with Crippen molar-refractivity contribution in [1.82, 2.24) is 9.88 Å². The number of hydrogen-bond acceptors (Lipinski definition) is 5. The Morgan fingerprint density at radius 3 is 2.72 bits per heavy atom. The Morgan fingerprint density at radius 2 is 2.03 bits per heavy atom. The van der Waals surface area contributed by atoms with Gasteiger partial charge in [0, 0.05) is 29.1 Å². The second-order valence-electron chi connectivity index (χ2n) is 11.5. The fourth-order valence-corrected chi connectivity index (χ4v) is 7.10. The van der Waals surface area contributed by atoms with E-state index in [0.717, 1.165) is 73.2 Å². The van der Waals surface area contributed by atoms with Crippen LogP contribution in [-0.2, 0) is 14.3 Å². The number of ether oxygens (including phenoxy) is 2. The number of carbonyl (C=O) groups excluding carboxylic acids is 1. The molecule has 36 heavy (non-hydrogen) atoms. The highest BCUT2D eigenvalue weighted by atomic mass is 35.5. The lowest BCUT2D eigenvalue weighted by Gasteiger charge is -2.43. The van der Waals surface area contributed by atoms with Gasteiger partial charge in [0.05, 0.1) is 24.9 Å². The molecule has 3 heterocycles. The fraction of sp³-hybridized carbons (Fsp3) is 0.643. The van der Waals surface area contributed by atoms with Crippen LogP contribution in [0.2, 0.25) is 5.02 Å². The molecule has 2 aliphatic carbocycles. The van der Waals surface area contributed by atoms with Crippen LogP contribution in [0.15, 0.2) is 24.4 Å². The van der Waals surface area contributed by atoms with Crippen molar-refractivity contribution in [2.45, 2.75) is 69.7 Å². The average Bonchev–Trinajstić information content (AvgIpc) is 3.50. The second kappa shape index (κ2) is 9.19. The Morgan fingerprint density at radius 1 is 1.25 bits per heavy atom. The molecule has 2 aromatic rings. The third-order valence-corrected chi connectivity index (χ3v) is 9.58.